The Kier molecular flexibility index (Phi) is 5.72. The number of benzene rings is 1. The van der Waals surface area contributed by atoms with Gasteiger partial charge in [0, 0.05) is 24.1 Å². The fourth-order valence-electron chi connectivity index (χ4n) is 2.28. The molecule has 1 amide bonds. The zero-order valence-electron chi connectivity index (χ0n) is 15.0. The molecule has 136 valence electrons. The Morgan fingerprint density at radius 2 is 2.00 bits per heavy atom. The summed E-state index contributed by atoms with van der Waals surface area (Å²) in [4.78, 5) is 13.2. The molecule has 3 aromatic rings. The first kappa shape index (κ1) is 18.2. The average molecular weight is 371 g/mol. The van der Waals surface area contributed by atoms with E-state index in [0.717, 1.165) is 17.9 Å². The normalized spacial score (nSPS) is 10.9. The lowest BCUT2D eigenvalue weighted by atomic mass is 10.2. The lowest BCUT2D eigenvalue weighted by Crippen LogP contribution is -2.11. The Balaban J connectivity index is 1.44. The smallest absolute Gasteiger partial charge is 0.322 e. The molecule has 1 aromatic carbocycles. The van der Waals surface area contributed by atoms with E-state index in [1.54, 1.807) is 16.4 Å². The summed E-state index contributed by atoms with van der Waals surface area (Å²) < 4.78 is 7.19. The van der Waals surface area contributed by atoms with E-state index in [9.17, 15) is 4.79 Å². The lowest BCUT2D eigenvalue weighted by Gasteiger charge is -2.02. The summed E-state index contributed by atoms with van der Waals surface area (Å²) in [5.41, 5.74) is 2.82. The van der Waals surface area contributed by atoms with Gasteiger partial charge in [-0.25, -0.2) is 0 Å². The van der Waals surface area contributed by atoms with Gasteiger partial charge in [0.1, 0.15) is 5.69 Å². The van der Waals surface area contributed by atoms with E-state index in [4.69, 9.17) is 4.42 Å². The maximum atomic E-state index is 12.0. The number of carbonyl (C=O) groups is 1. The van der Waals surface area contributed by atoms with Crippen molar-refractivity contribution < 1.29 is 9.21 Å². The number of nitrogens with one attached hydrogen (secondary N) is 1. The molecular formula is C18H21N5O2S. The van der Waals surface area contributed by atoms with Crippen molar-refractivity contribution in [3.05, 3.63) is 41.6 Å². The predicted molar refractivity (Wildman–Crippen MR) is 101 cm³/mol. The van der Waals surface area contributed by atoms with Gasteiger partial charge in [0.15, 0.2) is 0 Å². The monoisotopic (exact) mass is 371 g/mol. The third-order valence-corrected chi connectivity index (χ3v) is 4.94. The van der Waals surface area contributed by atoms with E-state index in [1.807, 2.05) is 20.0 Å². The second-order valence-electron chi connectivity index (χ2n) is 6.02. The van der Waals surface area contributed by atoms with Crippen LogP contribution in [0.4, 0.5) is 6.01 Å². The van der Waals surface area contributed by atoms with Gasteiger partial charge in [-0.05, 0) is 44.2 Å². The Morgan fingerprint density at radius 3 is 2.69 bits per heavy atom. The van der Waals surface area contributed by atoms with Gasteiger partial charge in [-0.15, -0.1) is 16.9 Å². The van der Waals surface area contributed by atoms with Crippen molar-refractivity contribution in [2.24, 2.45) is 7.05 Å². The molecule has 26 heavy (non-hydrogen) atoms. The molecule has 0 aliphatic rings. The first-order valence-corrected chi connectivity index (χ1v) is 9.33. The quantitative estimate of drug-likeness (QED) is 0.504. The molecule has 0 atom stereocenters. The molecule has 0 saturated carbocycles. The van der Waals surface area contributed by atoms with Gasteiger partial charge in [0.25, 0.3) is 5.89 Å². The summed E-state index contributed by atoms with van der Waals surface area (Å²) in [6.45, 7) is 4.00. The summed E-state index contributed by atoms with van der Waals surface area (Å²) in [5, 5.41) is 14.7. The van der Waals surface area contributed by atoms with Crippen molar-refractivity contribution in [3.8, 4) is 11.6 Å². The highest BCUT2D eigenvalue weighted by molar-refractivity contribution is 7.99. The minimum absolute atomic E-state index is 0.0968. The first-order chi connectivity index (χ1) is 12.5. The summed E-state index contributed by atoms with van der Waals surface area (Å²) >= 11 is 1.74. The van der Waals surface area contributed by atoms with Crippen molar-refractivity contribution in [3.63, 3.8) is 0 Å². The summed E-state index contributed by atoms with van der Waals surface area (Å²) in [5.74, 6) is 1.03. The standard InChI is InChI=1S/C18H21N5O2S/c1-12-6-8-14(9-7-12)26-10-4-5-16(24)19-18-21-20-17(25-18)15-11-13(2)23(3)22-15/h6-9,11H,4-5,10H2,1-3H3,(H,19,21,24). The molecule has 0 unspecified atom stereocenters. The second-order valence-corrected chi connectivity index (χ2v) is 7.19. The van der Waals surface area contributed by atoms with Crippen LogP contribution in [0, 0.1) is 13.8 Å². The van der Waals surface area contributed by atoms with Crippen LogP contribution in [0.15, 0.2) is 39.6 Å². The van der Waals surface area contributed by atoms with Crippen LogP contribution in [-0.2, 0) is 11.8 Å². The molecule has 0 radical (unpaired) electrons. The zero-order chi connectivity index (χ0) is 18.5. The molecule has 0 spiro atoms. The van der Waals surface area contributed by atoms with E-state index >= 15 is 0 Å². The zero-order valence-corrected chi connectivity index (χ0v) is 15.8. The number of aromatic nitrogens is 4. The topological polar surface area (TPSA) is 85.8 Å². The number of rotatable bonds is 7. The summed E-state index contributed by atoms with van der Waals surface area (Å²) in [7, 11) is 1.84. The predicted octanol–water partition coefficient (Wildman–Crippen LogP) is 3.60. The minimum atomic E-state index is -0.137. The van der Waals surface area contributed by atoms with E-state index in [-0.39, 0.29) is 11.9 Å². The largest absolute Gasteiger partial charge is 0.401 e. The summed E-state index contributed by atoms with van der Waals surface area (Å²) in [6, 6.07) is 10.3. The van der Waals surface area contributed by atoms with Crippen LogP contribution in [0.2, 0.25) is 0 Å². The molecule has 1 N–H and O–H groups in total. The van der Waals surface area contributed by atoms with Gasteiger partial charge in [0.05, 0.1) is 0 Å². The van der Waals surface area contributed by atoms with Crippen LogP contribution in [-0.4, -0.2) is 31.6 Å². The van der Waals surface area contributed by atoms with Crippen molar-refractivity contribution in [1.29, 1.82) is 0 Å². The van der Waals surface area contributed by atoms with Gasteiger partial charge < -0.3 is 4.42 Å². The second kappa shape index (κ2) is 8.18. The molecular weight excluding hydrogens is 350 g/mol. The molecule has 2 aromatic heterocycles. The highest BCUT2D eigenvalue weighted by Crippen LogP contribution is 2.21. The van der Waals surface area contributed by atoms with E-state index < -0.39 is 0 Å². The van der Waals surface area contributed by atoms with Crippen LogP contribution in [0.5, 0.6) is 0 Å². The first-order valence-electron chi connectivity index (χ1n) is 8.35. The van der Waals surface area contributed by atoms with Crippen LogP contribution in [0.25, 0.3) is 11.6 Å². The number of carbonyl (C=O) groups excluding carboxylic acids is 1. The van der Waals surface area contributed by atoms with E-state index in [1.165, 1.54) is 10.5 Å². The number of thioether (sulfide) groups is 1. The Bertz CT molecular complexity index is 866. The van der Waals surface area contributed by atoms with Gasteiger partial charge >= 0.3 is 6.01 Å². The lowest BCUT2D eigenvalue weighted by molar-refractivity contribution is -0.116. The van der Waals surface area contributed by atoms with Gasteiger partial charge in [-0.2, -0.15) is 5.10 Å². The maximum Gasteiger partial charge on any atom is 0.322 e. The Hall–Kier alpha value is -2.61. The average Bonchev–Trinajstić information content (AvgIpc) is 3.20. The van der Waals surface area contributed by atoms with Crippen molar-refractivity contribution >= 4 is 23.7 Å². The molecule has 8 heteroatoms. The number of anilines is 1. The number of hydrogen-bond donors (Lipinski definition) is 1. The number of hydrogen-bond acceptors (Lipinski definition) is 6. The van der Waals surface area contributed by atoms with Crippen LogP contribution < -0.4 is 5.32 Å². The van der Waals surface area contributed by atoms with Gasteiger partial charge in [0.2, 0.25) is 5.91 Å². The molecule has 0 saturated heterocycles. The van der Waals surface area contributed by atoms with Gasteiger partial charge in [-0.1, -0.05) is 22.8 Å². The minimum Gasteiger partial charge on any atom is -0.401 e. The number of aryl methyl sites for hydroxylation is 3. The van der Waals surface area contributed by atoms with E-state index in [2.05, 4.69) is 51.8 Å². The van der Waals surface area contributed by atoms with Crippen LogP contribution in [0.1, 0.15) is 24.1 Å². The third kappa shape index (κ3) is 4.72. The highest BCUT2D eigenvalue weighted by atomic mass is 32.2. The maximum absolute atomic E-state index is 12.0. The molecule has 0 aliphatic carbocycles. The highest BCUT2D eigenvalue weighted by Gasteiger charge is 2.14. The fraction of sp³-hybridized carbons (Fsp3) is 0.333. The van der Waals surface area contributed by atoms with Gasteiger partial charge in [-0.3, -0.25) is 14.8 Å². The molecule has 0 bridgehead atoms. The van der Waals surface area contributed by atoms with Crippen molar-refractivity contribution in [2.45, 2.75) is 31.6 Å². The van der Waals surface area contributed by atoms with Crippen LogP contribution >= 0.6 is 11.8 Å². The number of amides is 1. The molecule has 0 aliphatic heterocycles. The Labute approximate surface area is 156 Å². The summed E-state index contributed by atoms with van der Waals surface area (Å²) in [6.07, 6.45) is 1.17. The molecule has 0 fully saturated rings. The van der Waals surface area contributed by atoms with Crippen LogP contribution in [0.3, 0.4) is 0 Å². The Morgan fingerprint density at radius 1 is 1.23 bits per heavy atom. The third-order valence-electron chi connectivity index (χ3n) is 3.84. The fourth-order valence-corrected chi connectivity index (χ4v) is 3.13. The molecule has 2 heterocycles. The molecule has 3 rings (SSSR count). The molecule has 7 nitrogen and oxygen atoms in total. The van der Waals surface area contributed by atoms with E-state index in [0.29, 0.717) is 18.0 Å². The van der Waals surface area contributed by atoms with Crippen molar-refractivity contribution in [1.82, 2.24) is 20.0 Å². The SMILES string of the molecule is Cc1ccc(SCCCC(=O)Nc2nnc(-c3cc(C)n(C)n3)o2)cc1. The van der Waals surface area contributed by atoms with Crippen molar-refractivity contribution in [2.75, 3.05) is 11.1 Å². The number of nitrogens with zero attached hydrogens (tertiary/aromatic N) is 4.